The highest BCUT2D eigenvalue weighted by Gasteiger charge is 2.28. The third-order valence-electron chi connectivity index (χ3n) is 7.41. The summed E-state index contributed by atoms with van der Waals surface area (Å²) in [6, 6.07) is 26.1. The van der Waals surface area contributed by atoms with Crippen LogP contribution in [0.15, 0.2) is 96.0 Å². The Hall–Kier alpha value is -4.01. The minimum Gasteiger partial charge on any atom is -0.352 e. The number of pyridine rings is 1. The molecular weight excluding hydrogens is 532 g/mol. The second kappa shape index (κ2) is 11.8. The summed E-state index contributed by atoms with van der Waals surface area (Å²) in [5.41, 5.74) is 5.39. The number of sulfonamides is 1. The van der Waals surface area contributed by atoms with Gasteiger partial charge in [-0.1, -0.05) is 69.3 Å². The molecule has 41 heavy (non-hydrogen) atoms. The van der Waals surface area contributed by atoms with E-state index < -0.39 is 10.0 Å². The normalized spacial score (nSPS) is 14.9. The predicted octanol–water partition coefficient (Wildman–Crippen LogP) is 6.06. The fourth-order valence-corrected chi connectivity index (χ4v) is 6.33. The maximum absolute atomic E-state index is 13.3. The van der Waals surface area contributed by atoms with E-state index in [4.69, 9.17) is 0 Å². The van der Waals surface area contributed by atoms with Gasteiger partial charge in [0.15, 0.2) is 0 Å². The quantitative estimate of drug-likeness (QED) is 0.228. The van der Waals surface area contributed by atoms with E-state index in [-0.39, 0.29) is 22.3 Å². The highest BCUT2D eigenvalue weighted by Crippen LogP contribution is 2.35. The topological polar surface area (TPSA) is 100 Å². The largest absolute Gasteiger partial charge is 0.352 e. The van der Waals surface area contributed by atoms with Crippen molar-refractivity contribution < 1.29 is 13.2 Å². The molecule has 0 saturated carbocycles. The summed E-state index contributed by atoms with van der Waals surface area (Å²) < 4.78 is 29.4. The number of carbonyl (C=O) groups excluding carboxylic acids is 1. The molecule has 0 saturated heterocycles. The Morgan fingerprint density at radius 1 is 0.951 bits per heavy atom. The average Bonchev–Trinajstić information content (AvgIpc) is 3.34. The van der Waals surface area contributed by atoms with Gasteiger partial charge in [0, 0.05) is 24.5 Å². The highest BCUT2D eigenvalue weighted by atomic mass is 32.2. The van der Waals surface area contributed by atoms with Gasteiger partial charge in [-0.25, -0.2) is 18.1 Å². The summed E-state index contributed by atoms with van der Waals surface area (Å²) in [7, 11) is -3.70. The summed E-state index contributed by atoms with van der Waals surface area (Å²) in [6.07, 6.45) is 3.83. The number of fused-ring (bicyclic) bond motifs is 1. The SMILES string of the molecule is CC(C)(C)c1ccc(S(=O)(=O)NC2CCc3ccc(Nc4ncccc4C(=O)NCCc4ccccc4)cc32)cc1. The zero-order valence-corrected chi connectivity index (χ0v) is 24.5. The zero-order chi connectivity index (χ0) is 29.0. The molecule has 3 aromatic carbocycles. The molecular formula is C33H36N4O3S. The van der Waals surface area contributed by atoms with Crippen LogP contribution < -0.4 is 15.4 Å². The summed E-state index contributed by atoms with van der Waals surface area (Å²) in [6.45, 7) is 6.81. The third-order valence-corrected chi connectivity index (χ3v) is 8.90. The molecule has 1 amide bonds. The number of rotatable bonds is 9. The average molecular weight is 569 g/mol. The Labute approximate surface area is 242 Å². The first-order valence-corrected chi connectivity index (χ1v) is 15.4. The zero-order valence-electron chi connectivity index (χ0n) is 23.6. The van der Waals surface area contributed by atoms with Crippen LogP contribution in [0.3, 0.4) is 0 Å². The summed E-state index contributed by atoms with van der Waals surface area (Å²) in [4.78, 5) is 17.7. The van der Waals surface area contributed by atoms with Gasteiger partial charge < -0.3 is 10.6 Å². The van der Waals surface area contributed by atoms with Crippen LogP contribution in [0.5, 0.6) is 0 Å². The number of amides is 1. The lowest BCUT2D eigenvalue weighted by Gasteiger charge is -2.20. The molecule has 8 heteroatoms. The maximum Gasteiger partial charge on any atom is 0.255 e. The molecule has 1 atom stereocenters. The van der Waals surface area contributed by atoms with Gasteiger partial charge in [0.1, 0.15) is 5.82 Å². The predicted molar refractivity (Wildman–Crippen MR) is 163 cm³/mol. The molecule has 4 aromatic rings. The Balaban J connectivity index is 1.28. The molecule has 0 fully saturated rings. The first-order chi connectivity index (χ1) is 19.6. The number of nitrogens with one attached hydrogen (secondary N) is 3. The van der Waals surface area contributed by atoms with Gasteiger partial charge in [0.05, 0.1) is 10.5 Å². The fourth-order valence-electron chi connectivity index (χ4n) is 5.08. The summed E-state index contributed by atoms with van der Waals surface area (Å²) in [5, 5.41) is 6.26. The van der Waals surface area contributed by atoms with E-state index >= 15 is 0 Å². The number of carbonyl (C=O) groups is 1. The van der Waals surface area contributed by atoms with Gasteiger partial charge >= 0.3 is 0 Å². The number of anilines is 2. The molecule has 7 nitrogen and oxygen atoms in total. The number of benzene rings is 3. The lowest BCUT2D eigenvalue weighted by molar-refractivity contribution is 0.0954. The molecule has 1 aromatic heterocycles. The Morgan fingerprint density at radius 2 is 1.71 bits per heavy atom. The van der Waals surface area contributed by atoms with E-state index in [1.54, 1.807) is 30.5 Å². The first kappa shape index (κ1) is 28.5. The number of aromatic nitrogens is 1. The van der Waals surface area contributed by atoms with Gasteiger partial charge in [-0.3, -0.25) is 4.79 Å². The van der Waals surface area contributed by atoms with Crippen LogP contribution in [-0.4, -0.2) is 25.9 Å². The molecule has 0 aliphatic heterocycles. The van der Waals surface area contributed by atoms with Crippen molar-refractivity contribution in [1.29, 1.82) is 0 Å². The molecule has 3 N–H and O–H groups in total. The molecule has 0 bridgehead atoms. The van der Waals surface area contributed by atoms with Crippen molar-refractivity contribution in [2.45, 2.75) is 56.4 Å². The van der Waals surface area contributed by atoms with Gasteiger partial charge in [-0.15, -0.1) is 0 Å². The van der Waals surface area contributed by atoms with Crippen molar-refractivity contribution in [1.82, 2.24) is 15.0 Å². The van der Waals surface area contributed by atoms with Crippen LogP contribution in [0.1, 0.15) is 65.8 Å². The van der Waals surface area contributed by atoms with Crippen molar-refractivity contribution >= 4 is 27.4 Å². The standard InChI is InChI=1S/C33H36N4O3S/c1-33(2,3)25-13-16-27(17-14-25)41(39,40)37-30-18-12-24-11-15-26(22-29(24)30)36-31-28(10-7-20-34-31)32(38)35-21-19-23-8-5-4-6-9-23/h4-11,13-17,20,22,30,37H,12,18-19,21H2,1-3H3,(H,34,36)(H,35,38). The van der Waals surface area contributed by atoms with E-state index in [1.807, 2.05) is 60.7 Å². The number of nitrogens with zero attached hydrogens (tertiary/aromatic N) is 1. The van der Waals surface area contributed by atoms with Crippen molar-refractivity contribution in [2.24, 2.45) is 0 Å². The van der Waals surface area contributed by atoms with Crippen molar-refractivity contribution in [3.8, 4) is 0 Å². The van der Waals surface area contributed by atoms with Crippen molar-refractivity contribution in [3.63, 3.8) is 0 Å². The highest BCUT2D eigenvalue weighted by molar-refractivity contribution is 7.89. The van der Waals surface area contributed by atoms with Crippen LogP contribution in [-0.2, 0) is 28.3 Å². The van der Waals surface area contributed by atoms with Crippen LogP contribution >= 0.6 is 0 Å². The van der Waals surface area contributed by atoms with Crippen LogP contribution in [0.2, 0.25) is 0 Å². The molecule has 1 unspecified atom stereocenters. The second-order valence-corrected chi connectivity index (χ2v) is 13.1. The fraction of sp³-hybridized carbons (Fsp3) is 0.273. The molecule has 0 radical (unpaired) electrons. The van der Waals surface area contributed by atoms with Crippen LogP contribution in [0.25, 0.3) is 0 Å². The van der Waals surface area contributed by atoms with E-state index in [0.29, 0.717) is 24.3 Å². The van der Waals surface area contributed by atoms with Crippen LogP contribution in [0.4, 0.5) is 11.5 Å². The summed E-state index contributed by atoms with van der Waals surface area (Å²) in [5.74, 6) is 0.236. The lowest BCUT2D eigenvalue weighted by Crippen LogP contribution is -2.27. The third kappa shape index (κ3) is 6.84. The lowest BCUT2D eigenvalue weighted by atomic mass is 9.87. The number of hydrogen-bond acceptors (Lipinski definition) is 5. The van der Waals surface area contributed by atoms with Gasteiger partial charge in [-0.2, -0.15) is 0 Å². The second-order valence-electron chi connectivity index (χ2n) is 11.4. The monoisotopic (exact) mass is 568 g/mol. The minimum atomic E-state index is -3.70. The van der Waals surface area contributed by atoms with E-state index in [1.165, 1.54) is 0 Å². The number of aryl methyl sites for hydroxylation is 1. The molecule has 0 spiro atoms. The van der Waals surface area contributed by atoms with Crippen molar-refractivity contribution in [3.05, 3.63) is 119 Å². The maximum atomic E-state index is 13.3. The summed E-state index contributed by atoms with van der Waals surface area (Å²) >= 11 is 0. The molecule has 1 heterocycles. The van der Waals surface area contributed by atoms with Gasteiger partial charge in [0.2, 0.25) is 10.0 Å². The smallest absolute Gasteiger partial charge is 0.255 e. The van der Waals surface area contributed by atoms with Gasteiger partial charge in [0.25, 0.3) is 5.91 Å². The Bertz CT molecular complexity index is 1630. The Kier molecular flexibility index (Phi) is 8.24. The first-order valence-electron chi connectivity index (χ1n) is 13.9. The molecule has 1 aliphatic carbocycles. The van der Waals surface area contributed by atoms with Crippen LogP contribution in [0, 0.1) is 0 Å². The molecule has 5 rings (SSSR count). The van der Waals surface area contributed by atoms with E-state index in [0.717, 1.165) is 40.8 Å². The van der Waals surface area contributed by atoms with E-state index in [9.17, 15) is 13.2 Å². The minimum absolute atomic E-state index is 0.0557. The Morgan fingerprint density at radius 3 is 2.44 bits per heavy atom. The number of hydrogen-bond donors (Lipinski definition) is 3. The molecule has 1 aliphatic rings. The van der Waals surface area contributed by atoms with E-state index in [2.05, 4.69) is 41.1 Å². The van der Waals surface area contributed by atoms with Crippen molar-refractivity contribution in [2.75, 3.05) is 11.9 Å². The molecule has 212 valence electrons. The van der Waals surface area contributed by atoms with Gasteiger partial charge in [-0.05, 0) is 83.3 Å².